The number of guanidine groups is 1. The molecule has 1 aromatic rings. The lowest BCUT2D eigenvalue weighted by atomic mass is 9.94. The lowest BCUT2D eigenvalue weighted by Gasteiger charge is -2.33. The number of nitrogens with two attached hydrogens (primary N) is 1. The topological polar surface area (TPSA) is 196 Å². The highest BCUT2D eigenvalue weighted by molar-refractivity contribution is 5.97. The zero-order chi connectivity index (χ0) is 30.6. The molecule has 0 bridgehead atoms. The number of aliphatic imine (C=N–C) groups is 1. The number of nitrogens with one attached hydrogen (secondary N) is 6. The van der Waals surface area contributed by atoms with E-state index in [-0.39, 0.29) is 37.7 Å². The maximum atomic E-state index is 13.6. The van der Waals surface area contributed by atoms with Gasteiger partial charge in [0.05, 0.1) is 0 Å². The van der Waals surface area contributed by atoms with Gasteiger partial charge in [-0.15, -0.1) is 0 Å². The Hall–Kier alpha value is -4.16. The van der Waals surface area contributed by atoms with E-state index in [4.69, 9.17) is 5.73 Å². The van der Waals surface area contributed by atoms with Crippen LogP contribution in [0.4, 0.5) is 0 Å². The lowest BCUT2D eigenvalue weighted by Crippen LogP contribution is -2.63. The van der Waals surface area contributed by atoms with Crippen molar-refractivity contribution in [3.63, 3.8) is 0 Å². The van der Waals surface area contributed by atoms with E-state index in [2.05, 4.69) is 36.9 Å². The first-order chi connectivity index (χ1) is 19.4. The van der Waals surface area contributed by atoms with E-state index >= 15 is 0 Å². The standard InChI is InChI=1S/C28H44N8O5/c1-6-19-23(38)35-21(18-11-8-7-9-12-18)25(40)31-16-14-28(4,36-22(37)17(2)3)26(41)34-20(24(39)33-19)13-10-15-32-27(29)30-5/h7-9,11-12,17,19-21H,6,10,13-16H2,1-5H3,(H,31,40)(H,33,39)(H,34,41)(H,35,38)(H,36,37)(H3,29,30,32). The second kappa shape index (κ2) is 15.6. The van der Waals surface area contributed by atoms with Crippen molar-refractivity contribution in [1.82, 2.24) is 31.9 Å². The first-order valence-corrected chi connectivity index (χ1v) is 13.9. The molecule has 13 heteroatoms. The Kier molecular flexibility index (Phi) is 12.6. The van der Waals surface area contributed by atoms with Crippen molar-refractivity contribution < 1.29 is 24.0 Å². The van der Waals surface area contributed by atoms with Crippen molar-refractivity contribution in [3.8, 4) is 0 Å². The molecule has 0 radical (unpaired) electrons. The van der Waals surface area contributed by atoms with Crippen LogP contribution < -0.4 is 37.6 Å². The van der Waals surface area contributed by atoms with E-state index in [0.717, 1.165) is 0 Å². The van der Waals surface area contributed by atoms with Gasteiger partial charge in [-0.1, -0.05) is 51.1 Å². The number of carbonyl (C=O) groups is 5. The summed E-state index contributed by atoms with van der Waals surface area (Å²) >= 11 is 0. The van der Waals surface area contributed by atoms with Crippen molar-refractivity contribution in [2.45, 2.75) is 77.0 Å². The first kappa shape index (κ1) is 33.0. The maximum absolute atomic E-state index is 13.6. The minimum Gasteiger partial charge on any atom is -0.370 e. The van der Waals surface area contributed by atoms with Crippen molar-refractivity contribution >= 4 is 35.5 Å². The Bertz CT molecular complexity index is 1110. The van der Waals surface area contributed by atoms with E-state index in [1.807, 2.05) is 0 Å². The monoisotopic (exact) mass is 572 g/mol. The van der Waals surface area contributed by atoms with Crippen molar-refractivity contribution in [1.29, 1.82) is 0 Å². The molecule has 1 aliphatic heterocycles. The second-order valence-corrected chi connectivity index (χ2v) is 10.5. The summed E-state index contributed by atoms with van der Waals surface area (Å²) in [6.45, 7) is 7.11. The third-order valence-electron chi connectivity index (χ3n) is 6.91. The zero-order valence-corrected chi connectivity index (χ0v) is 24.5. The SMILES string of the molecule is CCC1NC(=O)C(CCCNC(N)=NC)NC(=O)C(C)(NC(=O)C(C)C)CCNC(=O)C(c2ccccc2)NC1=O. The Labute approximate surface area is 241 Å². The van der Waals surface area contributed by atoms with E-state index in [1.54, 1.807) is 65.1 Å². The molecule has 0 saturated carbocycles. The van der Waals surface area contributed by atoms with Crippen LogP contribution in [0, 0.1) is 5.92 Å². The highest BCUT2D eigenvalue weighted by Crippen LogP contribution is 2.17. The third kappa shape index (κ3) is 9.76. The van der Waals surface area contributed by atoms with Gasteiger partial charge in [-0.3, -0.25) is 29.0 Å². The van der Waals surface area contributed by atoms with E-state index in [9.17, 15) is 24.0 Å². The number of benzene rings is 1. The average molecular weight is 573 g/mol. The summed E-state index contributed by atoms with van der Waals surface area (Å²) in [5.74, 6) is -2.68. The van der Waals surface area contributed by atoms with Crippen LogP contribution in [0.1, 0.15) is 65.0 Å². The molecule has 226 valence electrons. The van der Waals surface area contributed by atoms with Crippen LogP contribution in [-0.2, 0) is 24.0 Å². The summed E-state index contributed by atoms with van der Waals surface area (Å²) in [6, 6.07) is 5.72. The zero-order valence-electron chi connectivity index (χ0n) is 24.5. The molecular formula is C28H44N8O5. The van der Waals surface area contributed by atoms with Gasteiger partial charge in [-0.25, -0.2) is 0 Å². The van der Waals surface area contributed by atoms with Gasteiger partial charge in [-0.2, -0.15) is 0 Å². The normalized spacial score (nSPS) is 24.8. The van der Waals surface area contributed by atoms with Crippen LogP contribution in [0.25, 0.3) is 0 Å². The molecule has 1 saturated heterocycles. The molecule has 0 aliphatic carbocycles. The van der Waals surface area contributed by atoms with Crippen LogP contribution in [0.3, 0.4) is 0 Å². The molecule has 13 nitrogen and oxygen atoms in total. The van der Waals surface area contributed by atoms with E-state index in [1.165, 1.54) is 0 Å². The van der Waals surface area contributed by atoms with Crippen LogP contribution in [0.15, 0.2) is 35.3 Å². The van der Waals surface area contributed by atoms with Gasteiger partial charge >= 0.3 is 0 Å². The number of hydrogen-bond donors (Lipinski definition) is 7. The largest absolute Gasteiger partial charge is 0.370 e. The molecule has 41 heavy (non-hydrogen) atoms. The summed E-state index contributed by atoms with van der Waals surface area (Å²) in [7, 11) is 1.54. The quantitative estimate of drug-likeness (QED) is 0.125. The maximum Gasteiger partial charge on any atom is 0.247 e. The molecule has 0 spiro atoms. The van der Waals surface area contributed by atoms with Gasteiger partial charge in [-0.05, 0) is 38.2 Å². The molecule has 4 unspecified atom stereocenters. The summed E-state index contributed by atoms with van der Waals surface area (Å²) in [5.41, 5.74) is 4.80. The lowest BCUT2D eigenvalue weighted by molar-refractivity contribution is -0.138. The second-order valence-electron chi connectivity index (χ2n) is 10.5. The molecule has 8 N–H and O–H groups in total. The molecule has 4 atom stereocenters. The molecule has 1 fully saturated rings. The Morgan fingerprint density at radius 1 is 1.05 bits per heavy atom. The Morgan fingerprint density at radius 2 is 1.71 bits per heavy atom. The van der Waals surface area contributed by atoms with E-state index in [0.29, 0.717) is 18.5 Å². The number of hydrogen-bond acceptors (Lipinski definition) is 6. The molecule has 1 heterocycles. The van der Waals surface area contributed by atoms with Crippen molar-refractivity contribution in [3.05, 3.63) is 35.9 Å². The molecule has 0 aromatic heterocycles. The number of carbonyl (C=O) groups excluding carboxylic acids is 5. The van der Waals surface area contributed by atoms with Gasteiger partial charge in [0, 0.05) is 26.1 Å². The van der Waals surface area contributed by atoms with Crippen LogP contribution in [0.2, 0.25) is 0 Å². The molecular weight excluding hydrogens is 528 g/mol. The smallest absolute Gasteiger partial charge is 0.247 e. The fraction of sp³-hybridized carbons (Fsp3) is 0.571. The molecule has 1 aliphatic rings. The van der Waals surface area contributed by atoms with Crippen molar-refractivity contribution in [2.75, 3.05) is 20.1 Å². The first-order valence-electron chi connectivity index (χ1n) is 13.9. The highest BCUT2D eigenvalue weighted by atomic mass is 16.2. The number of nitrogens with zero attached hydrogens (tertiary/aromatic N) is 1. The van der Waals surface area contributed by atoms with Gasteiger partial charge in [0.1, 0.15) is 23.7 Å². The predicted molar refractivity (Wildman–Crippen MR) is 155 cm³/mol. The van der Waals surface area contributed by atoms with Gasteiger partial charge < -0.3 is 37.6 Å². The third-order valence-corrected chi connectivity index (χ3v) is 6.91. The minimum absolute atomic E-state index is 0.0218. The van der Waals surface area contributed by atoms with Gasteiger partial charge in [0.15, 0.2) is 5.96 Å². The minimum atomic E-state index is -1.44. The summed E-state index contributed by atoms with van der Waals surface area (Å²) in [6.07, 6.45) is 0.944. The van der Waals surface area contributed by atoms with Gasteiger partial charge in [0.25, 0.3) is 0 Å². The fourth-order valence-corrected chi connectivity index (χ4v) is 4.19. The molecule has 5 amide bonds. The number of amides is 5. The highest BCUT2D eigenvalue weighted by Gasteiger charge is 2.38. The Balaban J connectivity index is 2.43. The van der Waals surface area contributed by atoms with Gasteiger partial charge in [0.2, 0.25) is 29.5 Å². The predicted octanol–water partition coefficient (Wildman–Crippen LogP) is -0.411. The fourth-order valence-electron chi connectivity index (χ4n) is 4.19. The van der Waals surface area contributed by atoms with Crippen LogP contribution in [-0.4, -0.2) is 73.3 Å². The number of rotatable bonds is 8. The summed E-state index contributed by atoms with van der Waals surface area (Å²) in [5, 5.41) is 16.7. The van der Waals surface area contributed by atoms with Crippen molar-refractivity contribution in [2.24, 2.45) is 16.6 Å². The average Bonchev–Trinajstić information content (AvgIpc) is 2.95. The van der Waals surface area contributed by atoms with Crippen LogP contribution in [0.5, 0.6) is 0 Å². The summed E-state index contributed by atoms with van der Waals surface area (Å²) < 4.78 is 0. The van der Waals surface area contributed by atoms with Crippen LogP contribution >= 0.6 is 0 Å². The molecule has 2 rings (SSSR count). The molecule has 1 aromatic carbocycles. The van der Waals surface area contributed by atoms with E-state index < -0.39 is 53.2 Å². The Morgan fingerprint density at radius 3 is 2.32 bits per heavy atom. The summed E-state index contributed by atoms with van der Waals surface area (Å²) in [4.78, 5) is 70.1.